The van der Waals surface area contributed by atoms with Gasteiger partial charge in [0.2, 0.25) is 11.8 Å². The second-order valence-electron chi connectivity index (χ2n) is 13.5. The number of phenolic OH excluding ortho intramolecular Hbond substituents is 1. The van der Waals surface area contributed by atoms with Crippen LogP contribution in [0.25, 0.3) is 22.3 Å². The van der Waals surface area contributed by atoms with Gasteiger partial charge in [0.05, 0.1) is 22.4 Å². The molecule has 2 aliphatic heterocycles. The smallest absolute Gasteiger partial charge is 0.329 e. The van der Waals surface area contributed by atoms with Gasteiger partial charge in [-0.2, -0.15) is 0 Å². The van der Waals surface area contributed by atoms with Crippen molar-refractivity contribution < 1.29 is 14.7 Å². The third-order valence-corrected chi connectivity index (χ3v) is 10.0. The maximum absolute atomic E-state index is 13.1. The van der Waals surface area contributed by atoms with Gasteiger partial charge in [-0.1, -0.05) is 30.3 Å². The highest BCUT2D eigenvalue weighted by atomic mass is 16.3. The fourth-order valence-electron chi connectivity index (χ4n) is 7.22. The fourth-order valence-corrected chi connectivity index (χ4v) is 7.22. The number of para-hydroxylation sites is 1. The van der Waals surface area contributed by atoms with E-state index in [2.05, 4.69) is 61.5 Å². The van der Waals surface area contributed by atoms with Gasteiger partial charge >= 0.3 is 5.69 Å². The van der Waals surface area contributed by atoms with Gasteiger partial charge < -0.3 is 25.5 Å². The van der Waals surface area contributed by atoms with Crippen molar-refractivity contribution in [1.82, 2.24) is 29.5 Å². The number of anilines is 3. The number of nitrogens with zero attached hydrogens (tertiary/aromatic N) is 7. The average Bonchev–Trinajstić information content (AvgIpc) is 3.37. The summed E-state index contributed by atoms with van der Waals surface area (Å²) < 4.78 is 3.10. The number of phenols is 1. The number of rotatable bonds is 10. The second kappa shape index (κ2) is 14.3. The molecule has 2 saturated heterocycles. The zero-order valence-corrected chi connectivity index (χ0v) is 29.0. The first-order valence-electron chi connectivity index (χ1n) is 17.4. The molecule has 2 aromatic heterocycles. The van der Waals surface area contributed by atoms with Gasteiger partial charge in [-0.25, -0.2) is 4.79 Å². The van der Waals surface area contributed by atoms with Crippen molar-refractivity contribution in [3.05, 3.63) is 94.4 Å². The molecular weight excluding hydrogens is 646 g/mol. The topological polar surface area (TPSA) is 155 Å². The molecule has 4 heterocycles. The van der Waals surface area contributed by atoms with Gasteiger partial charge in [-0.15, -0.1) is 10.2 Å². The van der Waals surface area contributed by atoms with E-state index >= 15 is 0 Å². The van der Waals surface area contributed by atoms with Gasteiger partial charge in [-0.3, -0.25) is 24.0 Å². The van der Waals surface area contributed by atoms with Crippen LogP contribution < -0.4 is 26.5 Å². The van der Waals surface area contributed by atoms with Gasteiger partial charge in [-0.05, 0) is 86.4 Å². The van der Waals surface area contributed by atoms with E-state index in [1.54, 1.807) is 23.7 Å². The number of benzene rings is 3. The van der Waals surface area contributed by atoms with Crippen molar-refractivity contribution in [3.8, 4) is 17.0 Å². The number of nitrogens with two attached hydrogens (primary N) is 1. The Morgan fingerprint density at radius 3 is 2.37 bits per heavy atom. The maximum Gasteiger partial charge on any atom is 0.329 e. The van der Waals surface area contributed by atoms with Crippen molar-refractivity contribution in [2.24, 2.45) is 7.05 Å². The number of carbonyl (C=O) groups excluding carboxylic acids is 2. The van der Waals surface area contributed by atoms with Crippen LogP contribution >= 0.6 is 0 Å². The van der Waals surface area contributed by atoms with Crippen LogP contribution in [0.4, 0.5) is 17.2 Å². The molecule has 264 valence electrons. The molecule has 0 bridgehead atoms. The number of nitrogen functional groups attached to an aromatic ring is 1. The van der Waals surface area contributed by atoms with Crippen LogP contribution in [-0.4, -0.2) is 80.9 Å². The standard InChI is InChI=1S/C38H43N9O4/c1-43(17-5-6-25-11-14-30-32(22-25)44(2)38(51)47(30)31-15-16-35(49)40-37(31)50)24-26-9-12-27(13-10-26)45-18-20-46(21-19-45)33-23-29(41-42-36(33)39)28-7-3-4-8-34(28)48/h3-4,7-14,22-23,31,48H,5-6,15-21,24H2,1-2H3,(H2,39,42)(H,40,49,50). The summed E-state index contributed by atoms with van der Waals surface area (Å²) in [5, 5.41) is 21.0. The predicted octanol–water partition coefficient (Wildman–Crippen LogP) is 3.45. The molecule has 0 spiro atoms. The van der Waals surface area contributed by atoms with Crippen LogP contribution in [-0.2, 0) is 29.6 Å². The molecule has 4 N–H and O–H groups in total. The lowest BCUT2D eigenvalue weighted by Crippen LogP contribution is -2.46. The van der Waals surface area contributed by atoms with E-state index in [1.807, 2.05) is 36.4 Å². The molecule has 1 unspecified atom stereocenters. The number of nitrogens with one attached hydrogen (secondary N) is 1. The number of aromatic nitrogens is 4. The molecule has 0 saturated carbocycles. The highest BCUT2D eigenvalue weighted by Gasteiger charge is 2.31. The Balaban J connectivity index is 0.905. The molecule has 0 radical (unpaired) electrons. The molecule has 2 fully saturated rings. The number of aromatic hydroxyl groups is 1. The van der Waals surface area contributed by atoms with E-state index in [0.29, 0.717) is 29.0 Å². The van der Waals surface area contributed by atoms with Crippen molar-refractivity contribution in [1.29, 1.82) is 0 Å². The van der Waals surface area contributed by atoms with E-state index in [1.165, 1.54) is 15.8 Å². The average molecular weight is 690 g/mol. The van der Waals surface area contributed by atoms with Crippen LogP contribution in [0.5, 0.6) is 5.75 Å². The summed E-state index contributed by atoms with van der Waals surface area (Å²) in [5.74, 6) is -0.181. The second-order valence-corrected chi connectivity index (χ2v) is 13.5. The van der Waals surface area contributed by atoms with E-state index in [4.69, 9.17) is 5.73 Å². The molecule has 3 aromatic carbocycles. The van der Waals surface area contributed by atoms with Crippen molar-refractivity contribution in [2.75, 3.05) is 55.3 Å². The van der Waals surface area contributed by atoms with Gasteiger partial charge in [0.15, 0.2) is 5.82 Å². The van der Waals surface area contributed by atoms with Crippen LogP contribution in [0.15, 0.2) is 77.6 Å². The first-order valence-corrected chi connectivity index (χ1v) is 17.4. The quantitative estimate of drug-likeness (QED) is 0.186. The zero-order chi connectivity index (χ0) is 35.6. The third-order valence-electron chi connectivity index (χ3n) is 10.0. The normalized spacial score (nSPS) is 16.6. The summed E-state index contributed by atoms with van der Waals surface area (Å²) in [7, 11) is 3.85. The molecule has 2 aliphatic rings. The van der Waals surface area contributed by atoms with Crippen molar-refractivity contribution >= 4 is 40.0 Å². The molecule has 13 heteroatoms. The Bertz CT molecular complexity index is 2130. The van der Waals surface area contributed by atoms with Crippen LogP contribution in [0.3, 0.4) is 0 Å². The molecule has 5 aromatic rings. The zero-order valence-electron chi connectivity index (χ0n) is 29.0. The minimum absolute atomic E-state index is 0.160. The molecule has 51 heavy (non-hydrogen) atoms. The number of fused-ring (bicyclic) bond motifs is 1. The number of hydrogen-bond acceptors (Lipinski definition) is 10. The molecule has 13 nitrogen and oxygen atoms in total. The number of imidazole rings is 1. The first kappa shape index (κ1) is 33.8. The number of aryl methyl sites for hydroxylation is 2. The number of hydrogen-bond donors (Lipinski definition) is 3. The van der Waals surface area contributed by atoms with E-state index in [9.17, 15) is 19.5 Å². The fraction of sp³-hybridized carbons (Fsp3) is 0.342. The summed E-state index contributed by atoms with van der Waals surface area (Å²) in [4.78, 5) is 44.1. The molecular formula is C38H43N9O4. The SMILES string of the molecule is CN(CCCc1ccc2c(c1)n(C)c(=O)n2C1CCC(=O)NC1=O)Cc1ccc(N2CCN(c3cc(-c4ccccc4O)nnc3N)CC2)cc1. The molecule has 1 atom stereocenters. The predicted molar refractivity (Wildman–Crippen MR) is 198 cm³/mol. The van der Waals surface area contributed by atoms with Crippen molar-refractivity contribution in [2.45, 2.75) is 38.3 Å². The van der Waals surface area contributed by atoms with E-state index in [0.717, 1.165) is 68.9 Å². The van der Waals surface area contributed by atoms with Crippen LogP contribution in [0.1, 0.15) is 36.4 Å². The summed E-state index contributed by atoms with van der Waals surface area (Å²) >= 11 is 0. The number of piperazine rings is 1. The van der Waals surface area contributed by atoms with Crippen molar-refractivity contribution in [3.63, 3.8) is 0 Å². The minimum atomic E-state index is -0.681. The maximum atomic E-state index is 13.1. The monoisotopic (exact) mass is 689 g/mol. The molecule has 7 rings (SSSR count). The summed E-state index contributed by atoms with van der Waals surface area (Å²) in [6, 6.07) is 23.1. The first-order chi connectivity index (χ1) is 24.7. The largest absolute Gasteiger partial charge is 0.507 e. The Kier molecular flexibility index (Phi) is 9.46. The third kappa shape index (κ3) is 7.02. The van der Waals surface area contributed by atoms with Gasteiger partial charge in [0.1, 0.15) is 11.8 Å². The van der Waals surface area contributed by atoms with Gasteiger partial charge in [0.25, 0.3) is 0 Å². The number of imide groups is 1. The Morgan fingerprint density at radius 1 is 0.902 bits per heavy atom. The Morgan fingerprint density at radius 2 is 1.63 bits per heavy atom. The summed E-state index contributed by atoms with van der Waals surface area (Å²) in [6.07, 6.45) is 2.36. The summed E-state index contributed by atoms with van der Waals surface area (Å²) in [6.45, 7) is 5.01. The Hall–Kier alpha value is -5.69. The summed E-state index contributed by atoms with van der Waals surface area (Å²) in [5.41, 5.74) is 13.1. The van der Waals surface area contributed by atoms with Gasteiger partial charge in [0, 0.05) is 57.4 Å². The van der Waals surface area contributed by atoms with Crippen LogP contribution in [0.2, 0.25) is 0 Å². The number of piperidine rings is 1. The van der Waals surface area contributed by atoms with E-state index < -0.39 is 11.9 Å². The number of carbonyl (C=O) groups is 2. The number of amides is 2. The lowest BCUT2D eigenvalue weighted by atomic mass is 10.1. The lowest BCUT2D eigenvalue weighted by Gasteiger charge is -2.37. The Labute approximate surface area is 295 Å². The lowest BCUT2D eigenvalue weighted by molar-refractivity contribution is -0.135. The highest BCUT2D eigenvalue weighted by molar-refractivity contribution is 6.00. The molecule has 2 amide bonds. The highest BCUT2D eigenvalue weighted by Crippen LogP contribution is 2.32. The molecule has 0 aliphatic carbocycles. The van der Waals surface area contributed by atoms with E-state index in [-0.39, 0.29) is 23.8 Å². The minimum Gasteiger partial charge on any atom is -0.507 e. The van der Waals surface area contributed by atoms with Crippen LogP contribution in [0, 0.1) is 0 Å².